The molecule has 1 aromatic carbocycles. The molecule has 1 heterocycles. The topological polar surface area (TPSA) is 38.9 Å². The summed E-state index contributed by atoms with van der Waals surface area (Å²) in [5.74, 6) is 0. The fourth-order valence-corrected chi connectivity index (χ4v) is 2.39. The number of anilines is 1. The zero-order valence-electron chi connectivity index (χ0n) is 8.15. The van der Waals surface area contributed by atoms with E-state index in [4.69, 9.17) is 17.3 Å². The summed E-state index contributed by atoms with van der Waals surface area (Å²) >= 11 is 10.7. The SMILES string of the molecule is Nc1cc(Cl)ncc1Sc1ccc(Br)cc1. The number of nitrogen functional groups attached to an aromatic ring is 1. The molecule has 0 bridgehead atoms. The molecule has 5 heteroatoms. The van der Waals surface area contributed by atoms with Crippen molar-refractivity contribution in [2.75, 3.05) is 5.73 Å². The molecule has 0 aliphatic heterocycles. The van der Waals surface area contributed by atoms with Gasteiger partial charge in [0.05, 0.1) is 10.6 Å². The minimum atomic E-state index is 0.414. The van der Waals surface area contributed by atoms with E-state index >= 15 is 0 Å². The first-order valence-corrected chi connectivity index (χ1v) is 6.48. The van der Waals surface area contributed by atoms with Crippen LogP contribution in [0.3, 0.4) is 0 Å². The number of nitrogens with two attached hydrogens (primary N) is 1. The van der Waals surface area contributed by atoms with Crippen molar-refractivity contribution >= 4 is 45.0 Å². The second kappa shape index (κ2) is 5.08. The Hall–Kier alpha value is -0.710. The molecule has 2 rings (SSSR count). The van der Waals surface area contributed by atoms with Crippen LogP contribution in [0.15, 0.2) is 50.8 Å². The summed E-state index contributed by atoms with van der Waals surface area (Å²) in [4.78, 5) is 6.03. The van der Waals surface area contributed by atoms with Gasteiger partial charge in [-0.1, -0.05) is 39.3 Å². The zero-order valence-corrected chi connectivity index (χ0v) is 11.3. The van der Waals surface area contributed by atoms with Gasteiger partial charge < -0.3 is 5.73 Å². The highest BCUT2D eigenvalue weighted by atomic mass is 79.9. The van der Waals surface area contributed by atoms with Crippen LogP contribution >= 0.6 is 39.3 Å². The van der Waals surface area contributed by atoms with Gasteiger partial charge in [0, 0.05) is 15.6 Å². The molecule has 0 fully saturated rings. The predicted molar refractivity (Wildman–Crippen MR) is 71.9 cm³/mol. The molecule has 0 spiro atoms. The lowest BCUT2D eigenvalue weighted by molar-refractivity contribution is 1.24. The first-order chi connectivity index (χ1) is 7.65. The number of hydrogen-bond donors (Lipinski definition) is 1. The number of benzene rings is 1. The van der Waals surface area contributed by atoms with Gasteiger partial charge in [-0.25, -0.2) is 4.98 Å². The number of hydrogen-bond acceptors (Lipinski definition) is 3. The molecule has 0 atom stereocenters. The molecule has 0 radical (unpaired) electrons. The van der Waals surface area contributed by atoms with Crippen molar-refractivity contribution in [3.63, 3.8) is 0 Å². The van der Waals surface area contributed by atoms with Gasteiger partial charge in [0.1, 0.15) is 5.15 Å². The van der Waals surface area contributed by atoms with Crippen molar-refractivity contribution in [3.8, 4) is 0 Å². The smallest absolute Gasteiger partial charge is 0.131 e. The van der Waals surface area contributed by atoms with E-state index in [2.05, 4.69) is 20.9 Å². The van der Waals surface area contributed by atoms with Crippen molar-refractivity contribution in [2.24, 2.45) is 0 Å². The first kappa shape index (κ1) is 11.8. The molecule has 2 N–H and O–H groups in total. The summed E-state index contributed by atoms with van der Waals surface area (Å²) in [6, 6.07) is 9.66. The summed E-state index contributed by atoms with van der Waals surface area (Å²) < 4.78 is 1.05. The quantitative estimate of drug-likeness (QED) is 0.843. The second-order valence-corrected chi connectivity index (χ2v) is 5.52. The van der Waals surface area contributed by atoms with E-state index in [1.165, 1.54) is 0 Å². The van der Waals surface area contributed by atoms with Gasteiger partial charge >= 0.3 is 0 Å². The highest BCUT2D eigenvalue weighted by Crippen LogP contribution is 2.32. The number of pyridine rings is 1. The van der Waals surface area contributed by atoms with Crippen LogP contribution in [0.4, 0.5) is 5.69 Å². The van der Waals surface area contributed by atoms with E-state index in [0.717, 1.165) is 14.3 Å². The van der Waals surface area contributed by atoms with Crippen LogP contribution in [0.1, 0.15) is 0 Å². The van der Waals surface area contributed by atoms with E-state index in [-0.39, 0.29) is 0 Å². The Morgan fingerprint density at radius 2 is 1.94 bits per heavy atom. The first-order valence-electron chi connectivity index (χ1n) is 4.49. The highest BCUT2D eigenvalue weighted by molar-refractivity contribution is 9.10. The molecular weight excluding hydrogens is 308 g/mol. The van der Waals surface area contributed by atoms with Crippen LogP contribution in [0, 0.1) is 0 Å². The van der Waals surface area contributed by atoms with Crippen molar-refractivity contribution in [1.29, 1.82) is 0 Å². The molecule has 16 heavy (non-hydrogen) atoms. The van der Waals surface area contributed by atoms with Crippen LogP contribution in [0.25, 0.3) is 0 Å². The van der Waals surface area contributed by atoms with E-state index in [9.17, 15) is 0 Å². The third-order valence-corrected chi connectivity index (χ3v) is 3.71. The van der Waals surface area contributed by atoms with E-state index in [1.807, 2.05) is 24.3 Å². The van der Waals surface area contributed by atoms with Gasteiger partial charge in [-0.15, -0.1) is 0 Å². The number of aromatic nitrogens is 1. The molecule has 82 valence electrons. The number of nitrogens with zero attached hydrogens (tertiary/aromatic N) is 1. The fraction of sp³-hybridized carbons (Fsp3) is 0. The standard InChI is InChI=1S/C11H8BrClN2S/c12-7-1-3-8(4-2-7)16-10-6-15-11(13)5-9(10)14/h1-6H,(H2,14,15). The third kappa shape index (κ3) is 2.90. The Bertz CT molecular complexity index is 502. The number of halogens is 2. The average molecular weight is 316 g/mol. The van der Waals surface area contributed by atoms with E-state index < -0.39 is 0 Å². The van der Waals surface area contributed by atoms with Gasteiger partial charge in [0.25, 0.3) is 0 Å². The Kier molecular flexibility index (Phi) is 3.74. The molecule has 0 saturated heterocycles. The predicted octanol–water partition coefficient (Wildman–Crippen LogP) is 4.23. The molecule has 2 aromatic rings. The average Bonchev–Trinajstić information content (AvgIpc) is 2.25. The van der Waals surface area contributed by atoms with Crippen LogP contribution in [0.2, 0.25) is 5.15 Å². The van der Waals surface area contributed by atoms with Crippen molar-refractivity contribution in [3.05, 3.63) is 46.2 Å². The number of rotatable bonds is 2. The minimum absolute atomic E-state index is 0.414. The third-order valence-electron chi connectivity index (χ3n) is 1.91. The lowest BCUT2D eigenvalue weighted by atomic mass is 10.4. The molecule has 0 aliphatic carbocycles. The molecule has 0 unspecified atom stereocenters. The minimum Gasteiger partial charge on any atom is -0.398 e. The molecule has 0 saturated carbocycles. The highest BCUT2D eigenvalue weighted by Gasteiger charge is 2.03. The Labute approximate surface area is 111 Å². The van der Waals surface area contributed by atoms with E-state index in [0.29, 0.717) is 10.8 Å². The summed E-state index contributed by atoms with van der Waals surface area (Å²) in [6.07, 6.45) is 1.68. The van der Waals surface area contributed by atoms with Gasteiger partial charge in [-0.3, -0.25) is 0 Å². The Morgan fingerprint density at radius 1 is 1.25 bits per heavy atom. The van der Waals surface area contributed by atoms with E-state index in [1.54, 1.807) is 24.0 Å². The molecule has 0 aliphatic rings. The summed E-state index contributed by atoms with van der Waals surface area (Å²) in [5, 5.41) is 0.414. The summed E-state index contributed by atoms with van der Waals surface area (Å²) in [6.45, 7) is 0. The maximum atomic E-state index is 5.84. The molecule has 2 nitrogen and oxygen atoms in total. The summed E-state index contributed by atoms with van der Waals surface area (Å²) in [5.41, 5.74) is 6.49. The maximum absolute atomic E-state index is 5.84. The molecule has 1 aromatic heterocycles. The van der Waals surface area contributed by atoms with Crippen molar-refractivity contribution < 1.29 is 0 Å². The Morgan fingerprint density at radius 3 is 2.56 bits per heavy atom. The second-order valence-electron chi connectivity index (χ2n) is 3.10. The fourth-order valence-electron chi connectivity index (χ4n) is 1.15. The van der Waals surface area contributed by atoms with Crippen molar-refractivity contribution in [1.82, 2.24) is 4.98 Å². The largest absolute Gasteiger partial charge is 0.398 e. The summed E-state index contributed by atoms with van der Waals surface area (Å²) in [7, 11) is 0. The van der Waals surface area contributed by atoms with Crippen molar-refractivity contribution in [2.45, 2.75) is 9.79 Å². The maximum Gasteiger partial charge on any atom is 0.131 e. The zero-order chi connectivity index (χ0) is 11.5. The van der Waals surface area contributed by atoms with Gasteiger partial charge in [-0.2, -0.15) is 0 Å². The monoisotopic (exact) mass is 314 g/mol. The van der Waals surface area contributed by atoms with Crippen LogP contribution in [-0.2, 0) is 0 Å². The molecule has 0 amide bonds. The van der Waals surface area contributed by atoms with Gasteiger partial charge in [-0.05, 0) is 30.3 Å². The normalized spacial score (nSPS) is 10.4. The van der Waals surface area contributed by atoms with Gasteiger partial charge in [0.15, 0.2) is 0 Å². The lowest BCUT2D eigenvalue weighted by Crippen LogP contribution is -1.89. The van der Waals surface area contributed by atoms with Crippen LogP contribution in [-0.4, -0.2) is 4.98 Å². The lowest BCUT2D eigenvalue weighted by Gasteiger charge is -2.05. The van der Waals surface area contributed by atoms with Crippen LogP contribution < -0.4 is 5.73 Å². The Balaban J connectivity index is 2.23. The van der Waals surface area contributed by atoms with Gasteiger partial charge in [0.2, 0.25) is 0 Å². The van der Waals surface area contributed by atoms with Crippen LogP contribution in [0.5, 0.6) is 0 Å². The molecular formula is C11H8BrClN2S.